The maximum absolute atomic E-state index is 13.0. The van der Waals surface area contributed by atoms with Crippen LogP contribution < -0.4 is 0 Å². The van der Waals surface area contributed by atoms with Crippen molar-refractivity contribution in [3.8, 4) is 0 Å². The number of rotatable bonds is 0. The number of ether oxygens (including phenoxy) is 3. The summed E-state index contributed by atoms with van der Waals surface area (Å²) in [6, 6.07) is 0. The second-order valence-corrected chi connectivity index (χ2v) is 9.34. The SMILES string of the molecule is C[C@@H]1C[C@H]2OC(=O)[C@@]3(C)CCC[C@@](C)([C@@H]23)[C@@]12CC(=O)[C@@]1(C=COC1)O2. The Morgan fingerprint density at radius 1 is 1.20 bits per heavy atom. The largest absolute Gasteiger partial charge is 0.498 e. The van der Waals surface area contributed by atoms with E-state index in [2.05, 4.69) is 20.8 Å². The highest BCUT2D eigenvalue weighted by atomic mass is 16.6. The van der Waals surface area contributed by atoms with Crippen LogP contribution in [0.2, 0.25) is 0 Å². The highest BCUT2D eigenvalue weighted by Gasteiger charge is 2.75. The molecule has 5 rings (SSSR count). The van der Waals surface area contributed by atoms with Gasteiger partial charge in [-0.15, -0.1) is 0 Å². The van der Waals surface area contributed by atoms with Crippen LogP contribution in [-0.2, 0) is 23.8 Å². The fraction of sp³-hybridized carbons (Fsp3) is 0.800. The summed E-state index contributed by atoms with van der Waals surface area (Å²) in [6.07, 6.45) is 7.31. The van der Waals surface area contributed by atoms with Gasteiger partial charge in [0.2, 0.25) is 0 Å². The Bertz CT molecular complexity index is 700. The lowest BCUT2D eigenvalue weighted by atomic mass is 9.44. The maximum Gasteiger partial charge on any atom is 0.312 e. The summed E-state index contributed by atoms with van der Waals surface area (Å²) < 4.78 is 17.9. The number of Topliss-reactive ketones (excluding diaryl/α,β-unsaturated/α-hetero) is 1. The molecule has 2 saturated carbocycles. The molecule has 0 unspecified atom stereocenters. The first-order valence-electron chi connectivity index (χ1n) is 9.51. The van der Waals surface area contributed by atoms with Crippen molar-refractivity contribution in [1.29, 1.82) is 0 Å². The third-order valence-electron chi connectivity index (χ3n) is 8.20. The van der Waals surface area contributed by atoms with Crippen molar-refractivity contribution in [2.45, 2.75) is 70.2 Å². The molecule has 0 aromatic heterocycles. The van der Waals surface area contributed by atoms with E-state index in [4.69, 9.17) is 14.2 Å². The molecule has 0 N–H and O–H groups in total. The van der Waals surface area contributed by atoms with E-state index in [1.807, 2.05) is 0 Å². The zero-order valence-corrected chi connectivity index (χ0v) is 15.2. The fourth-order valence-electron chi connectivity index (χ4n) is 7.00. The van der Waals surface area contributed by atoms with Crippen LogP contribution in [0.4, 0.5) is 0 Å². The summed E-state index contributed by atoms with van der Waals surface area (Å²) in [7, 11) is 0. The molecule has 3 heterocycles. The third-order valence-corrected chi connectivity index (χ3v) is 8.20. The Balaban J connectivity index is 1.65. The van der Waals surface area contributed by atoms with Crippen LogP contribution in [0.3, 0.4) is 0 Å². The van der Waals surface area contributed by atoms with Crippen molar-refractivity contribution < 1.29 is 23.8 Å². The number of hydrogen-bond acceptors (Lipinski definition) is 5. The van der Waals surface area contributed by atoms with Gasteiger partial charge in [0.15, 0.2) is 11.4 Å². The van der Waals surface area contributed by atoms with E-state index in [0.717, 1.165) is 25.7 Å². The lowest BCUT2D eigenvalue weighted by Gasteiger charge is -2.61. The van der Waals surface area contributed by atoms with Crippen LogP contribution in [0.5, 0.6) is 0 Å². The first kappa shape index (κ1) is 15.9. The molecular weight excluding hydrogens is 320 g/mol. The molecule has 0 aromatic rings. The maximum atomic E-state index is 13.0. The molecule has 0 amide bonds. The number of ketones is 1. The molecule has 2 aliphatic carbocycles. The molecule has 3 aliphatic heterocycles. The first-order valence-corrected chi connectivity index (χ1v) is 9.51. The highest BCUT2D eigenvalue weighted by molar-refractivity contribution is 5.93. The second kappa shape index (κ2) is 4.48. The van der Waals surface area contributed by atoms with Gasteiger partial charge in [0.1, 0.15) is 12.7 Å². The molecule has 2 spiro atoms. The van der Waals surface area contributed by atoms with Gasteiger partial charge in [0, 0.05) is 17.8 Å². The van der Waals surface area contributed by atoms with Crippen molar-refractivity contribution in [1.82, 2.24) is 0 Å². The highest BCUT2D eigenvalue weighted by Crippen LogP contribution is 2.70. The van der Waals surface area contributed by atoms with Crippen molar-refractivity contribution in [3.63, 3.8) is 0 Å². The lowest BCUT2D eigenvalue weighted by Crippen LogP contribution is -2.65. The smallest absolute Gasteiger partial charge is 0.312 e. The topological polar surface area (TPSA) is 61.8 Å². The Labute approximate surface area is 148 Å². The van der Waals surface area contributed by atoms with Crippen LogP contribution in [0.15, 0.2) is 12.3 Å². The summed E-state index contributed by atoms with van der Waals surface area (Å²) in [5.41, 5.74) is -2.17. The Morgan fingerprint density at radius 2 is 2.00 bits per heavy atom. The Kier molecular flexibility index (Phi) is 2.84. The van der Waals surface area contributed by atoms with Gasteiger partial charge in [-0.3, -0.25) is 9.59 Å². The molecule has 5 heteroatoms. The average molecular weight is 346 g/mol. The van der Waals surface area contributed by atoms with Crippen molar-refractivity contribution >= 4 is 11.8 Å². The van der Waals surface area contributed by atoms with E-state index in [9.17, 15) is 9.59 Å². The minimum Gasteiger partial charge on any atom is -0.498 e. The van der Waals surface area contributed by atoms with Gasteiger partial charge in [-0.25, -0.2) is 0 Å². The van der Waals surface area contributed by atoms with E-state index in [1.165, 1.54) is 0 Å². The van der Waals surface area contributed by atoms with Gasteiger partial charge in [0.25, 0.3) is 0 Å². The number of fused-ring (bicyclic) bond motifs is 1. The Morgan fingerprint density at radius 3 is 2.72 bits per heavy atom. The summed E-state index contributed by atoms with van der Waals surface area (Å²) in [5, 5.41) is 0. The quantitative estimate of drug-likeness (QED) is 0.631. The van der Waals surface area contributed by atoms with Gasteiger partial charge < -0.3 is 14.2 Å². The number of carbonyl (C=O) groups excluding carboxylic acids is 2. The number of carbonyl (C=O) groups is 2. The van der Waals surface area contributed by atoms with Crippen molar-refractivity contribution in [3.05, 3.63) is 12.3 Å². The van der Waals surface area contributed by atoms with Crippen molar-refractivity contribution in [2.24, 2.45) is 22.7 Å². The predicted molar refractivity (Wildman–Crippen MR) is 88.5 cm³/mol. The van der Waals surface area contributed by atoms with Crippen LogP contribution in [-0.4, -0.2) is 35.7 Å². The van der Waals surface area contributed by atoms with Crippen LogP contribution in [0, 0.1) is 22.7 Å². The zero-order chi connectivity index (χ0) is 17.7. The van der Waals surface area contributed by atoms with E-state index >= 15 is 0 Å². The molecule has 0 aromatic carbocycles. The third kappa shape index (κ3) is 1.60. The van der Waals surface area contributed by atoms with E-state index in [0.29, 0.717) is 6.42 Å². The van der Waals surface area contributed by atoms with Crippen LogP contribution in [0.25, 0.3) is 0 Å². The van der Waals surface area contributed by atoms with Gasteiger partial charge in [0.05, 0.1) is 17.3 Å². The second-order valence-electron chi connectivity index (χ2n) is 9.34. The van der Waals surface area contributed by atoms with Gasteiger partial charge in [-0.05, 0) is 38.2 Å². The molecule has 0 radical (unpaired) electrons. The average Bonchev–Trinajstić information content (AvgIpc) is 3.19. The molecule has 2 saturated heterocycles. The monoisotopic (exact) mass is 346 g/mol. The minimum atomic E-state index is -0.929. The molecule has 4 fully saturated rings. The van der Waals surface area contributed by atoms with E-state index in [-0.39, 0.29) is 41.7 Å². The molecule has 25 heavy (non-hydrogen) atoms. The van der Waals surface area contributed by atoms with Gasteiger partial charge in [-0.2, -0.15) is 0 Å². The number of hydrogen-bond donors (Lipinski definition) is 0. The molecule has 136 valence electrons. The molecule has 7 atom stereocenters. The van der Waals surface area contributed by atoms with Gasteiger partial charge >= 0.3 is 5.97 Å². The number of esters is 1. The van der Waals surface area contributed by atoms with E-state index in [1.54, 1.807) is 12.3 Å². The van der Waals surface area contributed by atoms with Crippen molar-refractivity contribution in [2.75, 3.05) is 6.61 Å². The summed E-state index contributed by atoms with van der Waals surface area (Å²) in [5.74, 6) is 0.335. The lowest BCUT2D eigenvalue weighted by molar-refractivity contribution is -0.245. The standard InChI is InChI=1S/C20H26O5/c1-12-9-13-15-17(2,16(22)24-13)5-4-6-18(15,3)20(12)10-14(21)19(25-20)7-8-23-11-19/h7-8,12-13,15H,4-6,9-11H2,1-3H3/t12-,13-,15+,17+,18+,19+,20-/m1/s1. The molecule has 0 bridgehead atoms. The fourth-order valence-corrected chi connectivity index (χ4v) is 7.00. The Hall–Kier alpha value is -1.36. The molecule has 5 nitrogen and oxygen atoms in total. The molecule has 5 aliphatic rings. The van der Waals surface area contributed by atoms with Crippen LogP contribution >= 0.6 is 0 Å². The van der Waals surface area contributed by atoms with Crippen LogP contribution in [0.1, 0.15) is 52.9 Å². The van der Waals surface area contributed by atoms with E-state index < -0.39 is 16.6 Å². The summed E-state index contributed by atoms with van der Waals surface area (Å²) >= 11 is 0. The normalized spacial score (nSPS) is 56.4. The van der Waals surface area contributed by atoms with Gasteiger partial charge in [-0.1, -0.05) is 20.3 Å². The summed E-state index contributed by atoms with van der Waals surface area (Å²) in [4.78, 5) is 25.7. The first-order chi connectivity index (χ1) is 11.8. The predicted octanol–water partition coefficient (Wildman–Crippen LogP) is 2.78. The zero-order valence-electron chi connectivity index (χ0n) is 15.2. The molecular formula is C20H26O5. The minimum absolute atomic E-state index is 0.0472. The summed E-state index contributed by atoms with van der Waals surface area (Å²) in [6.45, 7) is 6.74.